The van der Waals surface area contributed by atoms with Crippen molar-refractivity contribution in [2.45, 2.75) is 19.4 Å². The Balaban J connectivity index is 1.25. The average molecular weight is 397 g/mol. The van der Waals surface area contributed by atoms with Crippen LogP contribution >= 0.6 is 0 Å². The molecule has 2 aliphatic heterocycles. The molecule has 1 saturated heterocycles. The lowest BCUT2D eigenvalue weighted by Crippen LogP contribution is -2.49. The monoisotopic (exact) mass is 397 g/mol. The van der Waals surface area contributed by atoms with Gasteiger partial charge in [0, 0.05) is 45.3 Å². The van der Waals surface area contributed by atoms with Crippen molar-refractivity contribution in [1.82, 2.24) is 19.6 Å². The number of anilines is 1. The third-order valence-electron chi connectivity index (χ3n) is 6.02. The fraction of sp³-hybridized carbons (Fsp3) is 0.476. The molecule has 1 aromatic carbocycles. The van der Waals surface area contributed by atoms with E-state index >= 15 is 0 Å². The Morgan fingerprint density at radius 1 is 1.07 bits per heavy atom. The number of rotatable bonds is 4. The Bertz CT molecular complexity index is 946. The van der Waals surface area contributed by atoms with E-state index in [1.165, 1.54) is 18.9 Å². The van der Waals surface area contributed by atoms with E-state index in [0.717, 1.165) is 6.54 Å². The number of halogens is 1. The van der Waals surface area contributed by atoms with Gasteiger partial charge in [0.2, 0.25) is 0 Å². The molecule has 8 heteroatoms. The number of nitrogens with zero attached hydrogens (tertiary/aromatic N) is 5. The fourth-order valence-electron chi connectivity index (χ4n) is 4.15. The Hall–Kier alpha value is -2.90. The second kappa shape index (κ2) is 7.17. The quantitative estimate of drug-likeness (QED) is 0.790. The van der Waals surface area contributed by atoms with E-state index in [0.29, 0.717) is 62.3 Å². The zero-order valence-corrected chi connectivity index (χ0v) is 16.3. The summed E-state index contributed by atoms with van der Waals surface area (Å²) in [5.74, 6) is 0.198. The van der Waals surface area contributed by atoms with Gasteiger partial charge < -0.3 is 14.7 Å². The van der Waals surface area contributed by atoms with Crippen LogP contribution in [0.3, 0.4) is 0 Å². The smallest absolute Gasteiger partial charge is 0.274 e. The van der Waals surface area contributed by atoms with Gasteiger partial charge in [-0.15, -0.1) is 0 Å². The van der Waals surface area contributed by atoms with Crippen molar-refractivity contribution in [2.75, 3.05) is 44.2 Å². The zero-order chi connectivity index (χ0) is 20.0. The molecule has 0 unspecified atom stereocenters. The lowest BCUT2D eigenvalue weighted by molar-refractivity contribution is 0.0685. The molecule has 0 atom stereocenters. The highest BCUT2D eigenvalue weighted by atomic mass is 19.1. The van der Waals surface area contributed by atoms with Gasteiger partial charge >= 0.3 is 0 Å². The predicted octanol–water partition coefficient (Wildman–Crippen LogP) is 1.85. The number of carbonyl (C=O) groups is 2. The molecule has 3 aliphatic rings. The molecule has 0 bridgehead atoms. The largest absolute Gasteiger partial charge is 0.366 e. The molecular formula is C21H24FN5O2. The van der Waals surface area contributed by atoms with Gasteiger partial charge in [-0.1, -0.05) is 12.1 Å². The Morgan fingerprint density at radius 3 is 2.55 bits per heavy atom. The van der Waals surface area contributed by atoms with Gasteiger partial charge in [0.15, 0.2) is 5.69 Å². The van der Waals surface area contributed by atoms with E-state index < -0.39 is 0 Å². The van der Waals surface area contributed by atoms with Gasteiger partial charge in [-0.3, -0.25) is 14.3 Å². The van der Waals surface area contributed by atoms with Gasteiger partial charge in [-0.2, -0.15) is 5.10 Å². The summed E-state index contributed by atoms with van der Waals surface area (Å²) >= 11 is 0. The van der Waals surface area contributed by atoms with Crippen molar-refractivity contribution in [3.63, 3.8) is 0 Å². The van der Waals surface area contributed by atoms with E-state index in [1.807, 2.05) is 15.9 Å². The van der Waals surface area contributed by atoms with Crippen molar-refractivity contribution in [3.05, 3.63) is 47.5 Å². The second-order valence-electron chi connectivity index (χ2n) is 8.06. The molecule has 1 saturated carbocycles. The van der Waals surface area contributed by atoms with Gasteiger partial charge in [0.05, 0.1) is 12.2 Å². The maximum Gasteiger partial charge on any atom is 0.274 e. The van der Waals surface area contributed by atoms with Crippen LogP contribution in [-0.2, 0) is 6.54 Å². The van der Waals surface area contributed by atoms with Gasteiger partial charge in [-0.25, -0.2) is 4.39 Å². The normalized spacial score (nSPS) is 19.5. The van der Waals surface area contributed by atoms with Gasteiger partial charge in [0.1, 0.15) is 11.5 Å². The van der Waals surface area contributed by atoms with E-state index in [4.69, 9.17) is 0 Å². The molecule has 7 nitrogen and oxygen atoms in total. The second-order valence-corrected chi connectivity index (χ2v) is 8.06. The average Bonchev–Trinajstić information content (AvgIpc) is 3.45. The minimum atomic E-state index is -0.247. The van der Waals surface area contributed by atoms with E-state index in [2.05, 4.69) is 5.10 Å². The molecule has 2 aromatic rings. The summed E-state index contributed by atoms with van der Waals surface area (Å²) in [5, 5.41) is 4.40. The Labute approximate surface area is 168 Å². The van der Waals surface area contributed by atoms with Crippen LogP contribution in [-0.4, -0.2) is 70.7 Å². The first kappa shape index (κ1) is 18.1. The van der Waals surface area contributed by atoms with Crippen molar-refractivity contribution in [2.24, 2.45) is 5.92 Å². The first-order valence-corrected chi connectivity index (χ1v) is 10.3. The lowest BCUT2D eigenvalue weighted by atomic mass is 10.2. The molecule has 2 amide bonds. The number of amides is 2. The predicted molar refractivity (Wildman–Crippen MR) is 105 cm³/mol. The van der Waals surface area contributed by atoms with Crippen LogP contribution in [0.25, 0.3) is 0 Å². The van der Waals surface area contributed by atoms with Gasteiger partial charge in [0.25, 0.3) is 11.8 Å². The first-order valence-electron chi connectivity index (χ1n) is 10.3. The number of benzene rings is 1. The van der Waals surface area contributed by atoms with Crippen molar-refractivity contribution in [3.8, 4) is 0 Å². The SMILES string of the molecule is O=C(c1cc2n(n1)CCN(CC1CC1)C2=O)N1CCN(c2ccccc2F)CC1. The standard InChI is InChI=1S/C21H24FN5O2/c22-16-3-1-2-4-18(16)24-7-9-25(10-8-24)20(28)17-13-19-21(29)26(14-15-5-6-15)11-12-27(19)23-17/h1-4,13,15H,5-12,14H2. The first-order chi connectivity index (χ1) is 14.1. The minimum Gasteiger partial charge on any atom is -0.366 e. The van der Waals surface area contributed by atoms with E-state index in [1.54, 1.807) is 27.8 Å². The Morgan fingerprint density at radius 2 is 1.83 bits per heavy atom. The highest BCUT2D eigenvalue weighted by Gasteiger charge is 2.33. The van der Waals surface area contributed by atoms with Crippen LogP contribution in [0.15, 0.2) is 30.3 Å². The lowest BCUT2D eigenvalue weighted by Gasteiger charge is -2.35. The van der Waals surface area contributed by atoms with Crippen LogP contribution < -0.4 is 4.90 Å². The third-order valence-corrected chi connectivity index (χ3v) is 6.02. The van der Waals surface area contributed by atoms with Crippen LogP contribution in [0.5, 0.6) is 0 Å². The number of hydrogen-bond donors (Lipinski definition) is 0. The number of fused-ring (bicyclic) bond motifs is 1. The van der Waals surface area contributed by atoms with E-state index in [-0.39, 0.29) is 17.6 Å². The molecule has 1 aromatic heterocycles. The summed E-state index contributed by atoms with van der Waals surface area (Å²) in [4.78, 5) is 31.2. The zero-order valence-electron chi connectivity index (χ0n) is 16.3. The van der Waals surface area contributed by atoms with Crippen molar-refractivity contribution >= 4 is 17.5 Å². The third kappa shape index (κ3) is 3.47. The molecule has 5 rings (SSSR count). The number of carbonyl (C=O) groups excluding carboxylic acids is 2. The minimum absolute atomic E-state index is 0.0286. The molecule has 0 spiro atoms. The Kier molecular flexibility index (Phi) is 4.49. The molecule has 152 valence electrons. The summed E-state index contributed by atoms with van der Waals surface area (Å²) < 4.78 is 15.7. The van der Waals surface area contributed by atoms with Crippen LogP contribution in [0, 0.1) is 11.7 Å². The fourth-order valence-corrected chi connectivity index (χ4v) is 4.15. The maximum absolute atomic E-state index is 14.0. The number of hydrogen-bond acceptors (Lipinski definition) is 4. The summed E-state index contributed by atoms with van der Waals surface area (Å²) in [7, 11) is 0. The van der Waals surface area contributed by atoms with Crippen LogP contribution in [0.4, 0.5) is 10.1 Å². The van der Waals surface area contributed by atoms with Gasteiger partial charge in [-0.05, 0) is 30.9 Å². The summed E-state index contributed by atoms with van der Waals surface area (Å²) in [6.45, 7) is 4.21. The topological polar surface area (TPSA) is 61.7 Å². The molecular weight excluding hydrogens is 373 g/mol. The summed E-state index contributed by atoms with van der Waals surface area (Å²) in [6.07, 6.45) is 2.40. The van der Waals surface area contributed by atoms with Crippen molar-refractivity contribution < 1.29 is 14.0 Å². The number of para-hydroxylation sites is 1. The maximum atomic E-state index is 14.0. The number of piperazine rings is 1. The molecule has 3 heterocycles. The highest BCUT2D eigenvalue weighted by molar-refractivity contribution is 5.98. The molecule has 1 aliphatic carbocycles. The van der Waals surface area contributed by atoms with Crippen LogP contribution in [0.2, 0.25) is 0 Å². The molecule has 0 N–H and O–H groups in total. The van der Waals surface area contributed by atoms with Crippen molar-refractivity contribution in [1.29, 1.82) is 0 Å². The van der Waals surface area contributed by atoms with Crippen LogP contribution in [0.1, 0.15) is 33.8 Å². The summed E-state index contributed by atoms with van der Waals surface area (Å²) in [5.41, 5.74) is 1.39. The molecule has 29 heavy (non-hydrogen) atoms. The number of aromatic nitrogens is 2. The molecule has 0 radical (unpaired) electrons. The summed E-state index contributed by atoms with van der Waals surface area (Å²) in [6, 6.07) is 8.33. The highest BCUT2D eigenvalue weighted by Crippen LogP contribution is 2.31. The molecule has 2 fully saturated rings. The van der Waals surface area contributed by atoms with E-state index in [9.17, 15) is 14.0 Å².